The molecule has 1 aliphatic heterocycles. The second-order valence-corrected chi connectivity index (χ2v) is 5.45. The van der Waals surface area contributed by atoms with E-state index in [0.717, 1.165) is 5.56 Å². The summed E-state index contributed by atoms with van der Waals surface area (Å²) in [5.41, 5.74) is 1.79. The second-order valence-electron chi connectivity index (χ2n) is 5.45. The molecule has 1 aliphatic rings. The Kier molecular flexibility index (Phi) is 4.43. The van der Waals surface area contributed by atoms with Crippen LogP contribution in [0.2, 0.25) is 0 Å². The molecule has 120 valence electrons. The number of anilines is 2. The molecule has 0 atom stereocenters. The van der Waals surface area contributed by atoms with Gasteiger partial charge in [0.05, 0.1) is 24.5 Å². The summed E-state index contributed by atoms with van der Waals surface area (Å²) in [4.78, 5) is 19.0. The molecule has 2 heterocycles. The van der Waals surface area contributed by atoms with E-state index in [9.17, 15) is 9.90 Å². The number of hydrogen-bond donors (Lipinski definition) is 2. The predicted molar refractivity (Wildman–Crippen MR) is 88.1 cm³/mol. The lowest BCUT2D eigenvalue weighted by atomic mass is 10.2. The minimum absolute atomic E-state index is 0.0511. The Bertz CT molecular complexity index is 712. The fourth-order valence-corrected chi connectivity index (χ4v) is 2.54. The number of phenolic OH excluding ortho intramolecular Hbond substituents is 1. The maximum atomic E-state index is 12.6. The Morgan fingerprint density at radius 3 is 2.83 bits per heavy atom. The highest BCUT2D eigenvalue weighted by molar-refractivity contribution is 6.08. The fourth-order valence-electron chi connectivity index (χ4n) is 2.54. The van der Waals surface area contributed by atoms with Gasteiger partial charge < -0.3 is 20.1 Å². The maximum absolute atomic E-state index is 12.6. The van der Waals surface area contributed by atoms with E-state index in [0.29, 0.717) is 43.4 Å². The van der Waals surface area contributed by atoms with E-state index in [4.69, 9.17) is 4.74 Å². The van der Waals surface area contributed by atoms with Crippen molar-refractivity contribution in [3.8, 4) is 5.75 Å². The largest absolute Gasteiger partial charge is 0.506 e. The highest BCUT2D eigenvalue weighted by atomic mass is 16.5. The number of phenols is 1. The van der Waals surface area contributed by atoms with Crippen LogP contribution in [0.4, 0.5) is 11.5 Å². The fraction of sp³-hybridized carbons (Fsp3) is 0.294. The number of aromatic nitrogens is 1. The first-order valence-electron chi connectivity index (χ1n) is 7.54. The normalized spacial score (nSPS) is 14.6. The molecule has 1 saturated heterocycles. The third kappa shape index (κ3) is 3.43. The number of aryl methyl sites for hydroxylation is 1. The van der Waals surface area contributed by atoms with Gasteiger partial charge in [0.25, 0.3) is 5.91 Å². The van der Waals surface area contributed by atoms with Crippen molar-refractivity contribution in [1.29, 1.82) is 0 Å². The van der Waals surface area contributed by atoms with Crippen molar-refractivity contribution in [2.24, 2.45) is 0 Å². The third-order valence-electron chi connectivity index (χ3n) is 3.74. The van der Waals surface area contributed by atoms with Crippen LogP contribution in [-0.2, 0) is 4.74 Å². The summed E-state index contributed by atoms with van der Waals surface area (Å²) in [6, 6.07) is 8.60. The number of carbonyl (C=O) groups is 1. The summed E-state index contributed by atoms with van der Waals surface area (Å²) in [6.07, 6.45) is 1.67. The number of ether oxygens (including phenoxy) is 1. The van der Waals surface area contributed by atoms with Crippen LogP contribution in [0.1, 0.15) is 15.9 Å². The van der Waals surface area contributed by atoms with Crippen molar-refractivity contribution in [3.63, 3.8) is 0 Å². The van der Waals surface area contributed by atoms with E-state index < -0.39 is 0 Å². The molecule has 6 heteroatoms. The number of carbonyl (C=O) groups excluding carboxylic acids is 1. The standard InChI is InChI=1S/C17H19N3O3/c1-12-4-5-14(15(21)11-12)19-17(22)13-3-2-6-18-16(13)20-7-9-23-10-8-20/h2-6,11,21H,7-10H2,1H3,(H,19,22). The van der Waals surface area contributed by atoms with Gasteiger partial charge in [0.2, 0.25) is 0 Å². The molecule has 1 fully saturated rings. The van der Waals surface area contributed by atoms with E-state index in [-0.39, 0.29) is 11.7 Å². The van der Waals surface area contributed by atoms with Crippen LogP contribution in [-0.4, -0.2) is 42.3 Å². The monoisotopic (exact) mass is 313 g/mol. The lowest BCUT2D eigenvalue weighted by Crippen LogP contribution is -2.38. The van der Waals surface area contributed by atoms with Crippen molar-refractivity contribution < 1.29 is 14.6 Å². The topological polar surface area (TPSA) is 74.7 Å². The molecule has 0 aliphatic carbocycles. The van der Waals surface area contributed by atoms with Crippen molar-refractivity contribution in [1.82, 2.24) is 4.98 Å². The number of amides is 1. The summed E-state index contributed by atoms with van der Waals surface area (Å²) in [7, 11) is 0. The number of nitrogens with one attached hydrogen (secondary N) is 1. The minimum Gasteiger partial charge on any atom is -0.506 e. The van der Waals surface area contributed by atoms with Gasteiger partial charge in [-0.1, -0.05) is 6.07 Å². The molecule has 3 rings (SSSR count). The van der Waals surface area contributed by atoms with Crippen LogP contribution in [0.15, 0.2) is 36.5 Å². The second kappa shape index (κ2) is 6.66. The molecule has 0 radical (unpaired) electrons. The van der Waals surface area contributed by atoms with Crippen LogP contribution in [0.5, 0.6) is 5.75 Å². The zero-order valence-corrected chi connectivity index (χ0v) is 13.0. The van der Waals surface area contributed by atoms with Gasteiger partial charge in [-0.2, -0.15) is 0 Å². The van der Waals surface area contributed by atoms with Crippen LogP contribution < -0.4 is 10.2 Å². The van der Waals surface area contributed by atoms with Gasteiger partial charge in [-0.3, -0.25) is 4.79 Å². The van der Waals surface area contributed by atoms with Gasteiger partial charge in [-0.15, -0.1) is 0 Å². The Hall–Kier alpha value is -2.60. The smallest absolute Gasteiger partial charge is 0.259 e. The first kappa shape index (κ1) is 15.3. The van der Waals surface area contributed by atoms with Gasteiger partial charge >= 0.3 is 0 Å². The lowest BCUT2D eigenvalue weighted by molar-refractivity contribution is 0.102. The molecular formula is C17H19N3O3. The van der Waals surface area contributed by atoms with Crippen LogP contribution in [0, 0.1) is 6.92 Å². The number of morpholine rings is 1. The molecular weight excluding hydrogens is 294 g/mol. The van der Waals surface area contributed by atoms with Crippen molar-refractivity contribution in [2.45, 2.75) is 6.92 Å². The quantitative estimate of drug-likeness (QED) is 0.850. The zero-order chi connectivity index (χ0) is 16.2. The summed E-state index contributed by atoms with van der Waals surface area (Å²) in [5.74, 6) is 0.397. The lowest BCUT2D eigenvalue weighted by Gasteiger charge is -2.29. The average molecular weight is 313 g/mol. The van der Waals surface area contributed by atoms with E-state index in [1.165, 1.54) is 0 Å². The SMILES string of the molecule is Cc1ccc(NC(=O)c2cccnc2N2CCOCC2)c(O)c1. The first-order chi connectivity index (χ1) is 11.1. The Morgan fingerprint density at radius 1 is 1.30 bits per heavy atom. The molecule has 2 aromatic rings. The van der Waals surface area contributed by atoms with Crippen molar-refractivity contribution >= 4 is 17.4 Å². The Balaban J connectivity index is 1.84. The van der Waals surface area contributed by atoms with Gasteiger partial charge in [-0.05, 0) is 36.8 Å². The molecule has 0 unspecified atom stereocenters. The number of nitrogens with zero attached hydrogens (tertiary/aromatic N) is 2. The van der Waals surface area contributed by atoms with Gasteiger partial charge in [0.1, 0.15) is 11.6 Å². The Morgan fingerprint density at radius 2 is 2.09 bits per heavy atom. The van der Waals surface area contributed by atoms with E-state index in [2.05, 4.69) is 10.3 Å². The number of rotatable bonds is 3. The molecule has 0 spiro atoms. The molecule has 23 heavy (non-hydrogen) atoms. The summed E-state index contributed by atoms with van der Waals surface area (Å²) < 4.78 is 5.34. The predicted octanol–water partition coefficient (Wildman–Crippen LogP) is 2.18. The first-order valence-corrected chi connectivity index (χ1v) is 7.54. The van der Waals surface area contributed by atoms with E-state index >= 15 is 0 Å². The maximum Gasteiger partial charge on any atom is 0.259 e. The minimum atomic E-state index is -0.293. The van der Waals surface area contributed by atoms with Crippen LogP contribution in [0.25, 0.3) is 0 Å². The molecule has 1 aromatic carbocycles. The van der Waals surface area contributed by atoms with E-state index in [1.54, 1.807) is 30.5 Å². The summed E-state index contributed by atoms with van der Waals surface area (Å²) in [6.45, 7) is 4.52. The van der Waals surface area contributed by atoms with Gasteiger partial charge in [0.15, 0.2) is 0 Å². The van der Waals surface area contributed by atoms with Crippen molar-refractivity contribution in [2.75, 3.05) is 36.5 Å². The average Bonchev–Trinajstić information content (AvgIpc) is 2.58. The number of hydrogen-bond acceptors (Lipinski definition) is 5. The zero-order valence-electron chi connectivity index (χ0n) is 13.0. The number of aromatic hydroxyl groups is 1. The molecule has 0 bridgehead atoms. The van der Waals surface area contributed by atoms with Gasteiger partial charge in [0, 0.05) is 19.3 Å². The molecule has 0 saturated carbocycles. The molecule has 1 aromatic heterocycles. The number of benzene rings is 1. The molecule has 2 N–H and O–H groups in total. The highest BCUT2D eigenvalue weighted by Gasteiger charge is 2.20. The van der Waals surface area contributed by atoms with Crippen molar-refractivity contribution in [3.05, 3.63) is 47.7 Å². The van der Waals surface area contributed by atoms with E-state index in [1.807, 2.05) is 17.9 Å². The molecule has 1 amide bonds. The Labute approximate surface area is 134 Å². The summed E-state index contributed by atoms with van der Waals surface area (Å²) in [5, 5.41) is 12.7. The number of pyridine rings is 1. The van der Waals surface area contributed by atoms with Crippen LogP contribution in [0.3, 0.4) is 0 Å². The highest BCUT2D eigenvalue weighted by Crippen LogP contribution is 2.26. The van der Waals surface area contributed by atoms with Gasteiger partial charge in [-0.25, -0.2) is 4.98 Å². The van der Waals surface area contributed by atoms with Crippen LogP contribution >= 0.6 is 0 Å². The summed E-state index contributed by atoms with van der Waals surface area (Å²) >= 11 is 0. The third-order valence-corrected chi connectivity index (χ3v) is 3.74. The molecule has 6 nitrogen and oxygen atoms in total.